The van der Waals surface area contributed by atoms with Gasteiger partial charge in [0.1, 0.15) is 29.5 Å². The maximum Gasteiger partial charge on any atom is 0.325 e. The number of ether oxygens (including phenoxy) is 1. The predicted octanol–water partition coefficient (Wildman–Crippen LogP) is 2.69. The second-order valence-corrected chi connectivity index (χ2v) is 6.80. The monoisotopic (exact) mass is 403 g/mol. The molecule has 1 atom stereocenters. The summed E-state index contributed by atoms with van der Waals surface area (Å²) in [6, 6.07) is 6.85. The number of halogens is 2. The van der Waals surface area contributed by atoms with E-state index < -0.39 is 41.6 Å². The zero-order chi connectivity index (χ0) is 21.3. The first-order chi connectivity index (χ1) is 13.7. The molecule has 0 saturated carbocycles. The molecule has 1 aliphatic heterocycles. The maximum atomic E-state index is 13.7. The van der Waals surface area contributed by atoms with Crippen molar-refractivity contribution in [2.75, 3.05) is 19.0 Å². The minimum atomic E-state index is -1.38. The Labute approximate surface area is 165 Å². The van der Waals surface area contributed by atoms with E-state index in [1.54, 1.807) is 25.1 Å². The average molecular weight is 403 g/mol. The highest BCUT2D eigenvalue weighted by Crippen LogP contribution is 2.31. The Kier molecular flexibility index (Phi) is 5.23. The summed E-state index contributed by atoms with van der Waals surface area (Å²) in [5.41, 5.74) is -0.465. The van der Waals surface area contributed by atoms with Crippen LogP contribution in [0, 0.1) is 18.6 Å². The highest BCUT2D eigenvalue weighted by molar-refractivity contribution is 6.10. The molecule has 0 aromatic heterocycles. The highest BCUT2D eigenvalue weighted by Gasteiger charge is 2.49. The van der Waals surface area contributed by atoms with Crippen LogP contribution in [-0.4, -0.2) is 36.4 Å². The molecule has 2 aromatic rings. The first kappa shape index (κ1) is 20.2. The van der Waals surface area contributed by atoms with Crippen LogP contribution in [0.5, 0.6) is 5.75 Å². The topological polar surface area (TPSA) is 87.7 Å². The van der Waals surface area contributed by atoms with Gasteiger partial charge < -0.3 is 15.4 Å². The van der Waals surface area contributed by atoms with Crippen LogP contribution in [0.3, 0.4) is 0 Å². The van der Waals surface area contributed by atoms with Gasteiger partial charge in [-0.05, 0) is 49.2 Å². The van der Waals surface area contributed by atoms with Crippen LogP contribution in [-0.2, 0) is 15.1 Å². The summed E-state index contributed by atoms with van der Waals surface area (Å²) in [4.78, 5) is 38.2. The lowest BCUT2D eigenvalue weighted by Gasteiger charge is -2.23. The number of carbonyl (C=O) groups excluding carboxylic acids is 3. The third kappa shape index (κ3) is 3.75. The van der Waals surface area contributed by atoms with E-state index in [9.17, 15) is 23.2 Å². The lowest BCUT2D eigenvalue weighted by molar-refractivity contribution is -0.133. The van der Waals surface area contributed by atoms with Gasteiger partial charge in [-0.2, -0.15) is 0 Å². The van der Waals surface area contributed by atoms with Crippen LogP contribution in [0.2, 0.25) is 0 Å². The van der Waals surface area contributed by atoms with Crippen molar-refractivity contribution in [2.24, 2.45) is 0 Å². The number of anilines is 1. The smallest absolute Gasteiger partial charge is 0.325 e. The molecule has 9 heteroatoms. The molecule has 0 radical (unpaired) electrons. The predicted molar refractivity (Wildman–Crippen MR) is 100 cm³/mol. The Morgan fingerprint density at radius 3 is 2.59 bits per heavy atom. The number of urea groups is 1. The van der Waals surface area contributed by atoms with E-state index in [-0.39, 0.29) is 5.69 Å². The number of carbonyl (C=O) groups is 3. The van der Waals surface area contributed by atoms with Crippen LogP contribution >= 0.6 is 0 Å². The number of nitrogens with one attached hydrogen (secondary N) is 2. The molecule has 1 aliphatic rings. The van der Waals surface area contributed by atoms with Crippen LogP contribution in [0.25, 0.3) is 0 Å². The number of nitrogens with zero attached hydrogens (tertiary/aromatic N) is 1. The third-order valence-corrected chi connectivity index (χ3v) is 4.75. The van der Waals surface area contributed by atoms with Crippen molar-refractivity contribution >= 4 is 23.5 Å². The largest absolute Gasteiger partial charge is 0.496 e. The Bertz CT molecular complexity index is 1010. The quantitative estimate of drug-likeness (QED) is 0.752. The Morgan fingerprint density at radius 2 is 1.93 bits per heavy atom. The van der Waals surface area contributed by atoms with Crippen molar-refractivity contribution in [3.05, 3.63) is 59.2 Å². The Morgan fingerprint density at radius 1 is 1.21 bits per heavy atom. The third-order valence-electron chi connectivity index (χ3n) is 4.75. The Balaban J connectivity index is 1.79. The van der Waals surface area contributed by atoms with Gasteiger partial charge in [-0.15, -0.1) is 0 Å². The van der Waals surface area contributed by atoms with E-state index in [0.717, 1.165) is 28.7 Å². The van der Waals surface area contributed by atoms with Gasteiger partial charge in [-0.3, -0.25) is 14.5 Å². The van der Waals surface area contributed by atoms with Crippen molar-refractivity contribution in [1.82, 2.24) is 10.2 Å². The first-order valence-corrected chi connectivity index (χ1v) is 8.70. The fraction of sp³-hybridized carbons (Fsp3) is 0.250. The van der Waals surface area contributed by atoms with Crippen LogP contribution < -0.4 is 15.4 Å². The number of amides is 4. The Hall–Kier alpha value is -3.49. The second kappa shape index (κ2) is 7.50. The number of rotatable bonds is 5. The maximum absolute atomic E-state index is 13.7. The fourth-order valence-electron chi connectivity index (χ4n) is 3.15. The minimum Gasteiger partial charge on any atom is -0.496 e. The number of aryl methyl sites for hydroxylation is 1. The molecule has 0 bridgehead atoms. The number of methoxy groups -OCH3 is 1. The van der Waals surface area contributed by atoms with Crippen molar-refractivity contribution < 1.29 is 27.9 Å². The van der Waals surface area contributed by atoms with Gasteiger partial charge in [0.15, 0.2) is 0 Å². The summed E-state index contributed by atoms with van der Waals surface area (Å²) in [5, 5.41) is 4.75. The van der Waals surface area contributed by atoms with E-state index in [2.05, 4.69) is 10.6 Å². The zero-order valence-electron chi connectivity index (χ0n) is 16.0. The van der Waals surface area contributed by atoms with E-state index in [4.69, 9.17) is 4.74 Å². The summed E-state index contributed by atoms with van der Waals surface area (Å²) < 4.78 is 32.1. The molecule has 0 aliphatic carbocycles. The summed E-state index contributed by atoms with van der Waals surface area (Å²) in [7, 11) is 1.52. The first-order valence-electron chi connectivity index (χ1n) is 8.70. The lowest BCUT2D eigenvalue weighted by Crippen LogP contribution is -2.42. The van der Waals surface area contributed by atoms with Crippen LogP contribution in [0.4, 0.5) is 19.3 Å². The molecule has 7 nitrogen and oxygen atoms in total. The number of hydrogen-bond donors (Lipinski definition) is 2. The molecule has 29 heavy (non-hydrogen) atoms. The molecule has 3 rings (SSSR count). The minimum absolute atomic E-state index is 0.379. The number of benzene rings is 2. The summed E-state index contributed by atoms with van der Waals surface area (Å²) >= 11 is 0. The molecule has 1 unspecified atom stereocenters. The van der Waals surface area contributed by atoms with Crippen molar-refractivity contribution in [2.45, 2.75) is 19.4 Å². The zero-order valence-corrected chi connectivity index (χ0v) is 16.0. The highest BCUT2D eigenvalue weighted by atomic mass is 19.1. The molecule has 1 heterocycles. The summed E-state index contributed by atoms with van der Waals surface area (Å²) in [6.07, 6.45) is 0. The van der Waals surface area contributed by atoms with Crippen LogP contribution in [0.15, 0.2) is 36.4 Å². The molecule has 2 aromatic carbocycles. The lowest BCUT2D eigenvalue weighted by atomic mass is 9.90. The van der Waals surface area contributed by atoms with Crippen LogP contribution in [0.1, 0.15) is 18.1 Å². The molecule has 0 spiro atoms. The molecule has 4 amide bonds. The molecule has 1 saturated heterocycles. The summed E-state index contributed by atoms with van der Waals surface area (Å²) in [6.45, 7) is 2.68. The van der Waals surface area contributed by atoms with Gasteiger partial charge in [0.25, 0.3) is 5.91 Å². The number of imide groups is 1. The molecular formula is C20H19F2N3O4. The van der Waals surface area contributed by atoms with E-state index in [1.165, 1.54) is 14.0 Å². The SMILES string of the molecule is COc1ccc(C2(C)NC(=O)N(CC(=O)Nc3cc(F)ccc3F)C2=O)cc1C. The normalized spacial score (nSPS) is 18.6. The van der Waals surface area contributed by atoms with Gasteiger partial charge >= 0.3 is 6.03 Å². The summed E-state index contributed by atoms with van der Waals surface area (Å²) in [5.74, 6) is -2.42. The van der Waals surface area contributed by atoms with E-state index in [0.29, 0.717) is 11.3 Å². The second-order valence-electron chi connectivity index (χ2n) is 6.80. The van der Waals surface area contributed by atoms with Gasteiger partial charge in [-0.1, -0.05) is 6.07 Å². The van der Waals surface area contributed by atoms with Gasteiger partial charge in [0.2, 0.25) is 5.91 Å². The van der Waals surface area contributed by atoms with E-state index >= 15 is 0 Å². The van der Waals surface area contributed by atoms with Gasteiger partial charge in [-0.25, -0.2) is 13.6 Å². The number of hydrogen-bond acceptors (Lipinski definition) is 4. The van der Waals surface area contributed by atoms with Crippen molar-refractivity contribution in [3.8, 4) is 5.75 Å². The molecular weight excluding hydrogens is 384 g/mol. The van der Waals surface area contributed by atoms with Gasteiger partial charge in [0.05, 0.1) is 12.8 Å². The molecule has 1 fully saturated rings. The van der Waals surface area contributed by atoms with Gasteiger partial charge in [0, 0.05) is 6.07 Å². The molecule has 2 N–H and O–H groups in total. The fourth-order valence-corrected chi connectivity index (χ4v) is 3.15. The standard InChI is InChI=1S/C20H19F2N3O4/c1-11-8-12(4-7-16(11)29-3)20(2)18(27)25(19(28)24-20)10-17(26)23-15-9-13(21)5-6-14(15)22/h4-9H,10H2,1-3H3,(H,23,26)(H,24,28). The van der Waals surface area contributed by atoms with Crippen molar-refractivity contribution in [3.63, 3.8) is 0 Å². The average Bonchev–Trinajstić information content (AvgIpc) is 2.88. The van der Waals surface area contributed by atoms with E-state index in [1.807, 2.05) is 0 Å². The molecule has 152 valence electrons. The van der Waals surface area contributed by atoms with Crippen molar-refractivity contribution in [1.29, 1.82) is 0 Å².